The van der Waals surface area contributed by atoms with Crippen molar-refractivity contribution in [2.45, 2.75) is 39.0 Å². The third kappa shape index (κ3) is 6.35. The summed E-state index contributed by atoms with van der Waals surface area (Å²) in [5, 5.41) is 6.44. The summed E-state index contributed by atoms with van der Waals surface area (Å²) < 4.78 is 0. The molecule has 0 aliphatic heterocycles. The fourth-order valence-corrected chi connectivity index (χ4v) is 10.4. The van der Waals surface area contributed by atoms with E-state index in [4.69, 9.17) is 15.0 Å². The molecule has 51 heavy (non-hydrogen) atoms. The molecule has 0 saturated carbocycles. The van der Waals surface area contributed by atoms with Crippen molar-refractivity contribution in [2.24, 2.45) is 0 Å². The minimum absolute atomic E-state index is 0.286. The zero-order valence-corrected chi connectivity index (χ0v) is 30.3. The Morgan fingerprint density at radius 2 is 0.706 bits per heavy atom. The van der Waals surface area contributed by atoms with Crippen molar-refractivity contribution in [3.05, 3.63) is 158 Å². The second kappa shape index (κ2) is 14.0. The summed E-state index contributed by atoms with van der Waals surface area (Å²) in [6.45, 7) is 9.48. The third-order valence-corrected chi connectivity index (χ3v) is 12.7. The predicted molar refractivity (Wildman–Crippen MR) is 219 cm³/mol. The van der Waals surface area contributed by atoms with Crippen LogP contribution in [-0.4, -0.2) is 26.3 Å². The lowest BCUT2D eigenvalue weighted by Crippen LogP contribution is -2.15. The van der Waals surface area contributed by atoms with Gasteiger partial charge in [0.1, 0.15) is 0 Å². The largest absolute Gasteiger partial charge is 0.208 e. The summed E-state index contributed by atoms with van der Waals surface area (Å²) in [4.78, 5) is 15.0. The topological polar surface area (TPSA) is 38.7 Å². The summed E-state index contributed by atoms with van der Waals surface area (Å²) in [7, 11) is -0.286. The molecule has 0 amide bonds. The van der Waals surface area contributed by atoms with Crippen LogP contribution >= 0.6 is 7.92 Å². The molecule has 0 aliphatic carbocycles. The lowest BCUT2D eigenvalue weighted by Gasteiger charge is -2.27. The van der Waals surface area contributed by atoms with E-state index in [1.54, 1.807) is 0 Å². The SMILES string of the molecule is CC(C)P(c1cccc(-c2c3ccccc3c(-c3cccc(-c4nc(-c5ccccc5)nc(-c5ccccc5)n4)c3)c3ccccc23)c1)C(C)C. The van der Waals surface area contributed by atoms with E-state index >= 15 is 0 Å². The Kier molecular flexibility index (Phi) is 8.99. The summed E-state index contributed by atoms with van der Waals surface area (Å²) >= 11 is 0. The molecule has 0 fully saturated rings. The van der Waals surface area contributed by atoms with Gasteiger partial charge in [-0.25, -0.2) is 15.0 Å². The quantitative estimate of drug-likeness (QED) is 0.119. The van der Waals surface area contributed by atoms with Crippen molar-refractivity contribution in [1.82, 2.24) is 15.0 Å². The Morgan fingerprint density at radius 1 is 0.353 bits per heavy atom. The highest BCUT2D eigenvalue weighted by Gasteiger charge is 2.22. The second-order valence-electron chi connectivity index (χ2n) is 13.6. The molecule has 7 aromatic carbocycles. The Labute approximate surface area is 301 Å². The molecule has 0 N–H and O–H groups in total. The van der Waals surface area contributed by atoms with Gasteiger partial charge in [0.25, 0.3) is 0 Å². The summed E-state index contributed by atoms with van der Waals surface area (Å²) in [5.41, 5.74) is 9.03. The van der Waals surface area contributed by atoms with E-state index in [0.29, 0.717) is 28.8 Å². The number of aromatic nitrogens is 3. The Morgan fingerprint density at radius 3 is 1.16 bits per heavy atom. The van der Waals surface area contributed by atoms with E-state index in [2.05, 4.69) is 125 Å². The second-order valence-corrected chi connectivity index (χ2v) is 17.0. The molecule has 3 nitrogen and oxygen atoms in total. The van der Waals surface area contributed by atoms with Crippen molar-refractivity contribution >= 4 is 34.8 Å². The van der Waals surface area contributed by atoms with Crippen LogP contribution in [0.4, 0.5) is 0 Å². The molecule has 0 radical (unpaired) electrons. The zero-order chi connectivity index (χ0) is 34.9. The van der Waals surface area contributed by atoms with Gasteiger partial charge in [-0.1, -0.05) is 181 Å². The molecule has 0 atom stereocenters. The molecule has 1 heterocycles. The predicted octanol–water partition coefficient (Wildman–Crippen LogP) is 12.4. The average Bonchev–Trinajstić information content (AvgIpc) is 3.17. The fourth-order valence-electron chi connectivity index (χ4n) is 7.52. The number of hydrogen-bond donors (Lipinski definition) is 0. The first-order valence-corrected chi connectivity index (χ1v) is 19.2. The monoisotopic (exact) mass is 677 g/mol. The van der Waals surface area contributed by atoms with Gasteiger partial charge in [-0.2, -0.15) is 0 Å². The molecule has 8 aromatic rings. The van der Waals surface area contributed by atoms with Crippen LogP contribution in [0.15, 0.2) is 158 Å². The van der Waals surface area contributed by atoms with Crippen LogP contribution in [-0.2, 0) is 0 Å². The van der Waals surface area contributed by atoms with Crippen LogP contribution in [0.3, 0.4) is 0 Å². The van der Waals surface area contributed by atoms with Gasteiger partial charge in [0.15, 0.2) is 17.5 Å². The molecule has 0 bridgehead atoms. The molecule has 0 aliphatic rings. The molecular weight excluding hydrogens is 638 g/mol. The van der Waals surface area contributed by atoms with Crippen molar-refractivity contribution in [3.8, 4) is 56.4 Å². The van der Waals surface area contributed by atoms with E-state index < -0.39 is 0 Å². The lowest BCUT2D eigenvalue weighted by atomic mass is 9.85. The fraction of sp³-hybridized carbons (Fsp3) is 0.128. The van der Waals surface area contributed by atoms with E-state index in [-0.39, 0.29) is 7.92 Å². The number of nitrogens with zero attached hydrogens (tertiary/aromatic N) is 3. The molecule has 4 heteroatoms. The Hall–Kier alpha value is -5.50. The van der Waals surface area contributed by atoms with E-state index in [1.165, 1.54) is 43.5 Å². The molecule has 248 valence electrons. The van der Waals surface area contributed by atoms with Crippen LogP contribution < -0.4 is 5.30 Å². The first-order valence-electron chi connectivity index (χ1n) is 17.8. The van der Waals surface area contributed by atoms with Gasteiger partial charge in [0.2, 0.25) is 0 Å². The number of benzene rings is 7. The first-order chi connectivity index (χ1) is 25.0. The van der Waals surface area contributed by atoms with Gasteiger partial charge in [0.05, 0.1) is 0 Å². The van der Waals surface area contributed by atoms with Gasteiger partial charge >= 0.3 is 0 Å². The minimum atomic E-state index is -0.286. The third-order valence-electron chi connectivity index (χ3n) is 9.59. The molecule has 0 unspecified atom stereocenters. The van der Waals surface area contributed by atoms with E-state index in [1.807, 2.05) is 60.7 Å². The normalized spacial score (nSPS) is 11.7. The molecule has 1 aromatic heterocycles. The molecule has 0 spiro atoms. The smallest absolute Gasteiger partial charge is 0.164 e. The highest BCUT2D eigenvalue weighted by Crippen LogP contribution is 2.47. The number of hydrogen-bond acceptors (Lipinski definition) is 3. The Balaban J connectivity index is 1.33. The summed E-state index contributed by atoms with van der Waals surface area (Å²) in [6, 6.07) is 56.1. The van der Waals surface area contributed by atoms with E-state index in [9.17, 15) is 0 Å². The molecule has 0 saturated heterocycles. The van der Waals surface area contributed by atoms with Gasteiger partial charge in [-0.05, 0) is 72.6 Å². The first kappa shape index (κ1) is 32.7. The zero-order valence-electron chi connectivity index (χ0n) is 29.5. The summed E-state index contributed by atoms with van der Waals surface area (Å²) in [6.07, 6.45) is 0. The number of rotatable bonds is 8. The van der Waals surface area contributed by atoms with Crippen molar-refractivity contribution in [1.29, 1.82) is 0 Å². The van der Waals surface area contributed by atoms with Gasteiger partial charge in [-0.15, -0.1) is 0 Å². The van der Waals surface area contributed by atoms with Crippen LogP contribution in [0.1, 0.15) is 27.7 Å². The maximum absolute atomic E-state index is 5.04. The van der Waals surface area contributed by atoms with Gasteiger partial charge in [-0.3, -0.25) is 0 Å². The van der Waals surface area contributed by atoms with Crippen molar-refractivity contribution in [3.63, 3.8) is 0 Å². The highest BCUT2D eigenvalue weighted by atomic mass is 31.1. The maximum Gasteiger partial charge on any atom is 0.164 e. The minimum Gasteiger partial charge on any atom is -0.208 e. The van der Waals surface area contributed by atoms with Gasteiger partial charge < -0.3 is 0 Å². The average molecular weight is 678 g/mol. The number of fused-ring (bicyclic) bond motifs is 2. The van der Waals surface area contributed by atoms with Crippen LogP contribution in [0.25, 0.3) is 78.0 Å². The lowest BCUT2D eigenvalue weighted by molar-refractivity contribution is 1.02. The van der Waals surface area contributed by atoms with Crippen LogP contribution in [0.2, 0.25) is 0 Å². The molecule has 8 rings (SSSR count). The Bertz CT molecular complexity index is 2370. The van der Waals surface area contributed by atoms with Crippen LogP contribution in [0.5, 0.6) is 0 Å². The van der Waals surface area contributed by atoms with Crippen molar-refractivity contribution < 1.29 is 0 Å². The van der Waals surface area contributed by atoms with Crippen molar-refractivity contribution in [2.75, 3.05) is 0 Å². The summed E-state index contributed by atoms with van der Waals surface area (Å²) in [5.74, 6) is 1.97. The highest BCUT2D eigenvalue weighted by molar-refractivity contribution is 7.66. The van der Waals surface area contributed by atoms with E-state index in [0.717, 1.165) is 22.3 Å². The standard InChI is InChI=1S/C47H40N3P/c1-31(2)51(32(3)4)38-24-16-22-36(30-38)44-41-27-13-11-25-39(41)43(40-26-12-14-28-42(40)44)35-21-15-23-37(29-35)47-49-45(33-17-7-5-8-18-33)48-46(50-47)34-19-9-6-10-20-34/h5-32H,1-4H3. The van der Waals surface area contributed by atoms with Gasteiger partial charge in [0, 0.05) is 16.7 Å². The van der Waals surface area contributed by atoms with Crippen LogP contribution in [0, 0.1) is 0 Å². The molecular formula is C47H40N3P. The maximum atomic E-state index is 5.04.